The molecule has 0 spiro atoms. The van der Waals surface area contributed by atoms with E-state index < -0.39 is 0 Å². The van der Waals surface area contributed by atoms with E-state index in [0.29, 0.717) is 12.2 Å². The third kappa shape index (κ3) is 0.812. The Balaban J connectivity index is 2.10. The van der Waals surface area contributed by atoms with Crippen LogP contribution in [-0.2, 0) is 4.74 Å². The van der Waals surface area contributed by atoms with E-state index in [1.165, 1.54) is 6.42 Å². The van der Waals surface area contributed by atoms with E-state index in [-0.39, 0.29) is 0 Å². The maximum atomic E-state index is 5.54. The van der Waals surface area contributed by atoms with Crippen LogP contribution in [0.1, 0.15) is 6.42 Å². The minimum absolute atomic E-state index is 0.435. The molecule has 3 unspecified atom stereocenters. The van der Waals surface area contributed by atoms with E-state index in [0.717, 1.165) is 5.25 Å². The van der Waals surface area contributed by atoms with Gasteiger partial charge in [0.25, 0.3) is 0 Å². The normalized spacial score (nSPS) is 46.6. The van der Waals surface area contributed by atoms with Crippen molar-refractivity contribution < 1.29 is 4.74 Å². The lowest BCUT2D eigenvalue weighted by atomic mass is 10.1. The zero-order valence-electron chi connectivity index (χ0n) is 5.41. The van der Waals surface area contributed by atoms with Crippen molar-refractivity contribution in [3.8, 4) is 0 Å². The van der Waals surface area contributed by atoms with Gasteiger partial charge in [-0.15, -0.1) is 0 Å². The molecule has 2 bridgehead atoms. The summed E-state index contributed by atoms with van der Waals surface area (Å²) in [6.45, 7) is 0. The first-order valence-electron chi connectivity index (χ1n) is 3.27. The molecule has 0 radical (unpaired) electrons. The molecule has 0 aliphatic carbocycles. The van der Waals surface area contributed by atoms with Crippen molar-refractivity contribution in [3.63, 3.8) is 0 Å². The third-order valence-corrected chi connectivity index (χ3v) is 3.05. The predicted octanol–water partition coefficient (Wildman–Crippen LogP) is 1.45. The quantitative estimate of drug-likeness (QED) is 0.512. The van der Waals surface area contributed by atoms with E-state index in [2.05, 4.69) is 18.4 Å². The molecule has 2 aliphatic heterocycles. The molecule has 9 heavy (non-hydrogen) atoms. The van der Waals surface area contributed by atoms with Gasteiger partial charge in [-0.3, -0.25) is 0 Å². The largest absolute Gasteiger partial charge is 0.366 e. The number of hydrogen-bond acceptors (Lipinski definition) is 2. The minimum Gasteiger partial charge on any atom is -0.366 e. The summed E-state index contributed by atoms with van der Waals surface area (Å²) in [4.78, 5) is 0. The van der Waals surface area contributed by atoms with Crippen LogP contribution in [0.3, 0.4) is 0 Å². The Kier molecular flexibility index (Phi) is 1.31. The topological polar surface area (TPSA) is 9.23 Å². The molecule has 2 heterocycles. The molecule has 0 amide bonds. The Morgan fingerprint density at radius 1 is 1.56 bits per heavy atom. The molecule has 2 aliphatic rings. The van der Waals surface area contributed by atoms with Gasteiger partial charge in [0.2, 0.25) is 0 Å². The van der Waals surface area contributed by atoms with Crippen molar-refractivity contribution in [3.05, 3.63) is 12.2 Å². The first-order chi connectivity index (χ1) is 4.40. The fraction of sp³-hybridized carbons (Fsp3) is 0.714. The molecule has 1 nitrogen and oxygen atoms in total. The number of thioether (sulfide) groups is 1. The lowest BCUT2D eigenvalue weighted by molar-refractivity contribution is 0.122. The van der Waals surface area contributed by atoms with Crippen LogP contribution >= 0.6 is 11.8 Å². The molecule has 50 valence electrons. The van der Waals surface area contributed by atoms with Gasteiger partial charge in [0.1, 0.15) is 0 Å². The highest BCUT2D eigenvalue weighted by atomic mass is 32.2. The molecule has 2 heteroatoms. The Hall–Kier alpha value is 0.0500. The first kappa shape index (κ1) is 5.81. The molecule has 1 fully saturated rings. The summed E-state index contributed by atoms with van der Waals surface area (Å²) >= 11 is 1.92. The molecule has 3 atom stereocenters. The van der Waals surface area contributed by atoms with Crippen molar-refractivity contribution in [1.29, 1.82) is 0 Å². The lowest BCUT2D eigenvalue weighted by Gasteiger charge is -2.10. The summed E-state index contributed by atoms with van der Waals surface area (Å²) in [7, 11) is 0. The number of ether oxygens (including phenoxy) is 1. The highest BCUT2D eigenvalue weighted by Crippen LogP contribution is 2.34. The molecule has 0 aromatic heterocycles. The SMILES string of the molecule is CSC1CC2C=CC1O2. The third-order valence-electron chi connectivity index (χ3n) is 1.98. The minimum atomic E-state index is 0.435. The molecule has 0 aromatic carbocycles. The van der Waals surface area contributed by atoms with Gasteiger partial charge in [-0.25, -0.2) is 0 Å². The lowest BCUT2D eigenvalue weighted by Crippen LogP contribution is -2.14. The highest BCUT2D eigenvalue weighted by molar-refractivity contribution is 7.99. The van der Waals surface area contributed by atoms with Gasteiger partial charge in [0.05, 0.1) is 12.2 Å². The summed E-state index contributed by atoms with van der Waals surface area (Å²) < 4.78 is 5.54. The average molecular weight is 142 g/mol. The summed E-state index contributed by atoms with van der Waals surface area (Å²) in [5.41, 5.74) is 0. The van der Waals surface area contributed by atoms with Crippen LogP contribution in [0.25, 0.3) is 0 Å². The van der Waals surface area contributed by atoms with Crippen LogP contribution in [0.5, 0.6) is 0 Å². The van der Waals surface area contributed by atoms with Crippen LogP contribution in [0.15, 0.2) is 12.2 Å². The Labute approximate surface area is 59.5 Å². The second-order valence-electron chi connectivity index (χ2n) is 2.53. The Bertz CT molecular complexity index is 144. The van der Waals surface area contributed by atoms with Crippen molar-refractivity contribution in [1.82, 2.24) is 0 Å². The number of rotatable bonds is 1. The van der Waals surface area contributed by atoms with Crippen molar-refractivity contribution >= 4 is 11.8 Å². The predicted molar refractivity (Wildman–Crippen MR) is 39.7 cm³/mol. The zero-order valence-corrected chi connectivity index (χ0v) is 6.23. The highest BCUT2D eigenvalue weighted by Gasteiger charge is 2.35. The summed E-state index contributed by atoms with van der Waals surface area (Å²) in [6.07, 6.45) is 8.63. The van der Waals surface area contributed by atoms with Gasteiger partial charge in [-0.05, 0) is 12.7 Å². The second-order valence-corrected chi connectivity index (χ2v) is 3.61. The summed E-state index contributed by atoms with van der Waals surface area (Å²) in [5, 5.41) is 0.736. The second kappa shape index (κ2) is 2.03. The van der Waals surface area contributed by atoms with Crippen molar-refractivity contribution in [2.24, 2.45) is 0 Å². The van der Waals surface area contributed by atoms with E-state index in [9.17, 15) is 0 Å². The smallest absolute Gasteiger partial charge is 0.0884 e. The van der Waals surface area contributed by atoms with Crippen LogP contribution in [0, 0.1) is 0 Å². The van der Waals surface area contributed by atoms with Gasteiger partial charge in [0.15, 0.2) is 0 Å². The van der Waals surface area contributed by atoms with Crippen LogP contribution in [0.4, 0.5) is 0 Å². The standard InChI is InChI=1S/C7H10OS/c1-9-7-4-5-2-3-6(7)8-5/h2-3,5-7H,4H2,1H3. The number of hydrogen-bond donors (Lipinski definition) is 0. The van der Waals surface area contributed by atoms with E-state index in [4.69, 9.17) is 4.74 Å². The van der Waals surface area contributed by atoms with Crippen LogP contribution in [-0.4, -0.2) is 23.7 Å². The molecule has 2 rings (SSSR count). The fourth-order valence-electron chi connectivity index (χ4n) is 1.47. The molecular formula is C7H10OS. The Morgan fingerprint density at radius 3 is 2.78 bits per heavy atom. The van der Waals surface area contributed by atoms with Gasteiger partial charge in [-0.1, -0.05) is 12.2 Å². The zero-order chi connectivity index (χ0) is 6.27. The molecule has 0 N–H and O–H groups in total. The number of fused-ring (bicyclic) bond motifs is 2. The van der Waals surface area contributed by atoms with E-state index in [1.807, 2.05) is 11.8 Å². The maximum absolute atomic E-state index is 5.54. The van der Waals surface area contributed by atoms with Gasteiger partial charge in [0, 0.05) is 5.25 Å². The molecular weight excluding hydrogens is 132 g/mol. The van der Waals surface area contributed by atoms with E-state index in [1.54, 1.807) is 0 Å². The molecule has 1 saturated heterocycles. The van der Waals surface area contributed by atoms with Gasteiger partial charge in [-0.2, -0.15) is 11.8 Å². The van der Waals surface area contributed by atoms with Crippen molar-refractivity contribution in [2.75, 3.05) is 6.26 Å². The Morgan fingerprint density at radius 2 is 2.44 bits per heavy atom. The van der Waals surface area contributed by atoms with Gasteiger partial charge < -0.3 is 4.74 Å². The monoisotopic (exact) mass is 142 g/mol. The molecule has 0 aromatic rings. The first-order valence-corrected chi connectivity index (χ1v) is 4.55. The maximum Gasteiger partial charge on any atom is 0.0884 e. The van der Waals surface area contributed by atoms with Crippen LogP contribution in [0.2, 0.25) is 0 Å². The average Bonchev–Trinajstić information content (AvgIpc) is 2.45. The van der Waals surface area contributed by atoms with Crippen molar-refractivity contribution in [2.45, 2.75) is 23.9 Å². The summed E-state index contributed by atoms with van der Waals surface area (Å²) in [6, 6.07) is 0. The summed E-state index contributed by atoms with van der Waals surface area (Å²) in [5.74, 6) is 0. The van der Waals surface area contributed by atoms with E-state index >= 15 is 0 Å². The molecule has 0 saturated carbocycles. The fourth-order valence-corrected chi connectivity index (χ4v) is 2.27. The van der Waals surface area contributed by atoms with Gasteiger partial charge >= 0.3 is 0 Å². The van der Waals surface area contributed by atoms with Crippen LogP contribution < -0.4 is 0 Å².